The number of likely N-dealkylation sites (tertiary alicyclic amines) is 1. The van der Waals surface area contributed by atoms with Crippen molar-refractivity contribution in [3.05, 3.63) is 35.6 Å². The number of piperidine rings is 1. The van der Waals surface area contributed by atoms with Gasteiger partial charge in [0.05, 0.1) is 6.54 Å². The molecule has 0 radical (unpaired) electrons. The van der Waals surface area contributed by atoms with Crippen LogP contribution in [0, 0.1) is 11.7 Å². The molecule has 7 nitrogen and oxygen atoms in total. The van der Waals surface area contributed by atoms with Crippen molar-refractivity contribution in [3.8, 4) is 0 Å². The van der Waals surface area contributed by atoms with Crippen LogP contribution in [-0.4, -0.2) is 60.9 Å². The molecule has 3 N–H and O–H groups in total. The summed E-state index contributed by atoms with van der Waals surface area (Å²) in [5.41, 5.74) is 0.310. The Morgan fingerprint density at radius 1 is 1.13 bits per heavy atom. The third kappa shape index (κ3) is 7.40. The van der Waals surface area contributed by atoms with Gasteiger partial charge in [-0.1, -0.05) is 20.8 Å². The molecule has 0 saturated carbocycles. The molecule has 0 bridgehead atoms. The fourth-order valence-electron chi connectivity index (χ4n) is 3.41. The number of carbonyl (C=O) groups excluding carboxylic acids is 3. The number of rotatable bonds is 9. The number of benzene rings is 1. The average molecular weight is 421 g/mol. The van der Waals surface area contributed by atoms with Gasteiger partial charge in [-0.25, -0.2) is 4.39 Å². The van der Waals surface area contributed by atoms with Crippen molar-refractivity contribution < 1.29 is 18.8 Å². The molecule has 1 aromatic rings. The van der Waals surface area contributed by atoms with Gasteiger partial charge in [-0.05, 0) is 49.4 Å². The summed E-state index contributed by atoms with van der Waals surface area (Å²) in [7, 11) is 0. The number of hydrogen-bond acceptors (Lipinski definition) is 4. The van der Waals surface area contributed by atoms with Crippen molar-refractivity contribution in [2.24, 2.45) is 5.92 Å². The first-order valence-electron chi connectivity index (χ1n) is 10.7. The molecule has 0 spiro atoms. The molecule has 30 heavy (non-hydrogen) atoms. The van der Waals surface area contributed by atoms with E-state index in [1.165, 1.54) is 24.3 Å². The average Bonchev–Trinajstić information content (AvgIpc) is 2.72. The van der Waals surface area contributed by atoms with E-state index in [1.807, 2.05) is 20.8 Å². The highest BCUT2D eigenvalue weighted by atomic mass is 19.1. The second-order valence-corrected chi connectivity index (χ2v) is 8.11. The van der Waals surface area contributed by atoms with Crippen LogP contribution in [0.3, 0.4) is 0 Å². The highest BCUT2D eigenvalue weighted by Crippen LogP contribution is 2.12. The van der Waals surface area contributed by atoms with Crippen LogP contribution >= 0.6 is 0 Å². The second-order valence-electron chi connectivity index (χ2n) is 8.11. The predicted molar refractivity (Wildman–Crippen MR) is 113 cm³/mol. The van der Waals surface area contributed by atoms with Gasteiger partial charge in [-0.3, -0.25) is 19.3 Å². The van der Waals surface area contributed by atoms with Gasteiger partial charge in [0.25, 0.3) is 5.91 Å². The van der Waals surface area contributed by atoms with Crippen LogP contribution in [0.2, 0.25) is 0 Å². The zero-order valence-electron chi connectivity index (χ0n) is 18.0. The predicted octanol–water partition coefficient (Wildman–Crippen LogP) is 1.69. The maximum Gasteiger partial charge on any atom is 0.251 e. The van der Waals surface area contributed by atoms with Crippen molar-refractivity contribution in [1.82, 2.24) is 20.9 Å². The van der Waals surface area contributed by atoms with Crippen molar-refractivity contribution in [2.75, 3.05) is 26.2 Å². The number of carbonyl (C=O) groups is 3. The van der Waals surface area contributed by atoms with Crippen LogP contribution in [0.1, 0.15) is 50.4 Å². The lowest BCUT2D eigenvalue weighted by Gasteiger charge is -2.33. The van der Waals surface area contributed by atoms with Gasteiger partial charge >= 0.3 is 0 Å². The van der Waals surface area contributed by atoms with Crippen LogP contribution in [0.15, 0.2) is 24.3 Å². The number of amides is 3. The summed E-state index contributed by atoms with van der Waals surface area (Å²) in [6.07, 6.45) is 2.42. The third-order valence-corrected chi connectivity index (χ3v) is 5.22. The molecule has 1 aliphatic heterocycles. The first-order chi connectivity index (χ1) is 14.3. The lowest BCUT2D eigenvalue weighted by Crippen LogP contribution is -2.54. The van der Waals surface area contributed by atoms with E-state index in [9.17, 15) is 18.8 Å². The molecule has 1 heterocycles. The number of hydrogen-bond donors (Lipinski definition) is 3. The first-order valence-corrected chi connectivity index (χ1v) is 10.7. The van der Waals surface area contributed by atoms with Gasteiger partial charge in [0, 0.05) is 31.2 Å². The van der Waals surface area contributed by atoms with Crippen molar-refractivity contribution in [2.45, 2.75) is 52.1 Å². The molecule has 1 atom stereocenters. The van der Waals surface area contributed by atoms with E-state index < -0.39 is 17.8 Å². The molecule has 166 valence electrons. The van der Waals surface area contributed by atoms with Gasteiger partial charge in [-0.2, -0.15) is 0 Å². The quantitative estimate of drug-likeness (QED) is 0.567. The summed E-state index contributed by atoms with van der Waals surface area (Å²) in [6.45, 7) is 8.28. The Hall–Kier alpha value is -2.48. The maximum atomic E-state index is 13.1. The van der Waals surface area contributed by atoms with Gasteiger partial charge < -0.3 is 16.0 Å². The summed E-state index contributed by atoms with van der Waals surface area (Å²) in [5, 5.41) is 8.67. The lowest BCUT2D eigenvalue weighted by molar-refractivity contribution is -0.126. The van der Waals surface area contributed by atoms with Crippen LogP contribution < -0.4 is 16.0 Å². The smallest absolute Gasteiger partial charge is 0.251 e. The summed E-state index contributed by atoms with van der Waals surface area (Å²) in [4.78, 5) is 39.2. The highest BCUT2D eigenvalue weighted by Gasteiger charge is 2.28. The largest absolute Gasteiger partial charge is 0.355 e. The molecule has 1 fully saturated rings. The zero-order chi connectivity index (χ0) is 22.1. The highest BCUT2D eigenvalue weighted by molar-refractivity contribution is 5.97. The number of nitrogens with one attached hydrogen (secondary N) is 3. The van der Waals surface area contributed by atoms with E-state index in [0.29, 0.717) is 18.7 Å². The Bertz CT molecular complexity index is 716. The van der Waals surface area contributed by atoms with Crippen molar-refractivity contribution >= 4 is 17.7 Å². The van der Waals surface area contributed by atoms with E-state index >= 15 is 0 Å². The standard InChI is InChI=1S/C22H33FN4O3/c1-4-11-24-19(28)14-27-12-9-18(10-13-27)25-22(30)20(15(2)3)26-21(29)16-5-7-17(23)8-6-16/h5-8,15,18,20H,4,9-14H2,1-3H3,(H,24,28)(H,25,30)(H,26,29). The van der Waals surface area contributed by atoms with Crippen molar-refractivity contribution in [3.63, 3.8) is 0 Å². The Labute approximate surface area is 177 Å². The molecule has 1 saturated heterocycles. The van der Waals surface area contributed by atoms with E-state index in [1.54, 1.807) is 0 Å². The topological polar surface area (TPSA) is 90.5 Å². The molecule has 8 heteroatoms. The number of halogens is 1. The van der Waals surface area contributed by atoms with E-state index in [0.717, 1.165) is 32.4 Å². The summed E-state index contributed by atoms with van der Waals surface area (Å²) in [5.74, 6) is -1.12. The minimum Gasteiger partial charge on any atom is -0.355 e. The van der Waals surface area contributed by atoms with E-state index in [-0.39, 0.29) is 23.8 Å². The van der Waals surface area contributed by atoms with Crippen LogP contribution in [0.5, 0.6) is 0 Å². The Morgan fingerprint density at radius 3 is 2.33 bits per heavy atom. The molecule has 1 aromatic carbocycles. The molecule has 0 aromatic heterocycles. The molecule has 0 aliphatic carbocycles. The van der Waals surface area contributed by atoms with Crippen molar-refractivity contribution in [1.29, 1.82) is 0 Å². The van der Waals surface area contributed by atoms with Crippen LogP contribution in [0.25, 0.3) is 0 Å². The van der Waals surface area contributed by atoms with Gasteiger partial charge in [0.2, 0.25) is 11.8 Å². The SMILES string of the molecule is CCCNC(=O)CN1CCC(NC(=O)C(NC(=O)c2ccc(F)cc2)C(C)C)CC1. The van der Waals surface area contributed by atoms with Gasteiger partial charge in [0.1, 0.15) is 11.9 Å². The Balaban J connectivity index is 1.83. The second kappa shape index (κ2) is 11.6. The van der Waals surface area contributed by atoms with E-state index in [4.69, 9.17) is 0 Å². The van der Waals surface area contributed by atoms with Crippen LogP contribution in [0.4, 0.5) is 4.39 Å². The first kappa shape index (κ1) is 23.8. The zero-order valence-corrected chi connectivity index (χ0v) is 18.0. The maximum absolute atomic E-state index is 13.1. The molecular weight excluding hydrogens is 387 g/mol. The minimum absolute atomic E-state index is 0.0106. The fourth-order valence-corrected chi connectivity index (χ4v) is 3.41. The summed E-state index contributed by atoms with van der Waals surface area (Å²) in [6, 6.07) is 4.56. The summed E-state index contributed by atoms with van der Waals surface area (Å²) >= 11 is 0. The van der Waals surface area contributed by atoms with E-state index in [2.05, 4.69) is 20.9 Å². The third-order valence-electron chi connectivity index (χ3n) is 5.22. The van der Waals surface area contributed by atoms with Gasteiger partial charge in [-0.15, -0.1) is 0 Å². The fraction of sp³-hybridized carbons (Fsp3) is 0.591. The Kier molecular flexibility index (Phi) is 9.23. The summed E-state index contributed by atoms with van der Waals surface area (Å²) < 4.78 is 13.1. The normalized spacial score (nSPS) is 16.2. The molecule has 1 aliphatic rings. The molecule has 2 rings (SSSR count). The number of nitrogens with zero attached hydrogens (tertiary/aromatic N) is 1. The Morgan fingerprint density at radius 2 is 1.77 bits per heavy atom. The van der Waals surface area contributed by atoms with Gasteiger partial charge in [0.15, 0.2) is 0 Å². The van der Waals surface area contributed by atoms with Crippen LogP contribution in [-0.2, 0) is 9.59 Å². The monoisotopic (exact) mass is 420 g/mol. The molecule has 1 unspecified atom stereocenters. The molecular formula is C22H33FN4O3. The minimum atomic E-state index is -0.680. The molecule has 3 amide bonds. The lowest BCUT2D eigenvalue weighted by atomic mass is 10.00.